The van der Waals surface area contributed by atoms with Gasteiger partial charge in [-0.05, 0) is 36.3 Å². The molecule has 1 fully saturated rings. The highest BCUT2D eigenvalue weighted by molar-refractivity contribution is 5.92. The average Bonchev–Trinajstić information content (AvgIpc) is 3.31. The summed E-state index contributed by atoms with van der Waals surface area (Å²) >= 11 is 0. The van der Waals surface area contributed by atoms with Gasteiger partial charge in [0, 0.05) is 6.07 Å². The van der Waals surface area contributed by atoms with E-state index in [4.69, 9.17) is 4.52 Å². The number of amides is 1. The quantitative estimate of drug-likeness (QED) is 0.718. The van der Waals surface area contributed by atoms with Crippen molar-refractivity contribution in [1.29, 1.82) is 0 Å². The van der Waals surface area contributed by atoms with E-state index in [1.54, 1.807) is 6.07 Å². The van der Waals surface area contributed by atoms with Crippen molar-refractivity contribution in [3.05, 3.63) is 89.3 Å². The Balaban J connectivity index is 1.42. The fourth-order valence-electron chi connectivity index (χ4n) is 3.38. The van der Waals surface area contributed by atoms with E-state index in [0.717, 1.165) is 30.5 Å². The Hall–Kier alpha value is -2.88. The number of rotatable bonds is 6. The first kappa shape index (κ1) is 16.6. The number of benzene rings is 2. The molecule has 132 valence electrons. The van der Waals surface area contributed by atoms with Crippen molar-refractivity contribution in [2.24, 2.45) is 0 Å². The van der Waals surface area contributed by atoms with E-state index in [-0.39, 0.29) is 17.2 Å². The average molecular weight is 346 g/mol. The molecule has 1 N–H and O–H groups in total. The summed E-state index contributed by atoms with van der Waals surface area (Å²) in [6, 6.07) is 22.1. The minimum atomic E-state index is -0.247. The lowest BCUT2D eigenvalue weighted by atomic mass is 9.96. The summed E-state index contributed by atoms with van der Waals surface area (Å²) in [7, 11) is 0. The Bertz CT molecular complexity index is 883. The molecule has 0 spiro atoms. The van der Waals surface area contributed by atoms with Crippen LogP contribution in [-0.2, 0) is 12.0 Å². The molecular weight excluding hydrogens is 324 g/mol. The zero-order valence-corrected chi connectivity index (χ0v) is 14.8. The van der Waals surface area contributed by atoms with Crippen LogP contribution in [0.15, 0.2) is 71.3 Å². The summed E-state index contributed by atoms with van der Waals surface area (Å²) in [6.45, 7) is 2.15. The number of hydrogen-bond acceptors (Lipinski definition) is 3. The smallest absolute Gasteiger partial charge is 0.290 e. The standard InChI is InChI=1S/C22H22N2O2/c1-16(17-8-4-2-5-9-17)14-19-15-20(26-24-19)21(25)23-22(12-13-22)18-10-6-3-7-11-18/h2-11,15-16H,12-14H2,1H3,(H,23,25). The normalized spacial score (nSPS) is 16.0. The van der Waals surface area contributed by atoms with Crippen molar-refractivity contribution < 1.29 is 9.32 Å². The van der Waals surface area contributed by atoms with Gasteiger partial charge in [-0.15, -0.1) is 0 Å². The fraction of sp³-hybridized carbons (Fsp3) is 0.273. The van der Waals surface area contributed by atoms with Crippen molar-refractivity contribution >= 4 is 5.91 Å². The summed E-state index contributed by atoms with van der Waals surface area (Å²) in [5, 5.41) is 7.22. The Morgan fingerprint density at radius 2 is 1.77 bits per heavy atom. The number of nitrogens with one attached hydrogen (secondary N) is 1. The van der Waals surface area contributed by atoms with Crippen LogP contribution in [0.25, 0.3) is 0 Å². The first-order chi connectivity index (χ1) is 12.7. The van der Waals surface area contributed by atoms with E-state index in [0.29, 0.717) is 5.92 Å². The highest BCUT2D eigenvalue weighted by atomic mass is 16.5. The lowest BCUT2D eigenvalue weighted by Gasteiger charge is -2.16. The molecule has 0 saturated heterocycles. The lowest BCUT2D eigenvalue weighted by molar-refractivity contribution is 0.0893. The van der Waals surface area contributed by atoms with Crippen molar-refractivity contribution in [3.63, 3.8) is 0 Å². The molecule has 1 aliphatic carbocycles. The van der Waals surface area contributed by atoms with Gasteiger partial charge in [-0.3, -0.25) is 4.79 Å². The van der Waals surface area contributed by atoms with Crippen LogP contribution in [0.5, 0.6) is 0 Å². The van der Waals surface area contributed by atoms with Crippen molar-refractivity contribution in [2.45, 2.75) is 37.6 Å². The topological polar surface area (TPSA) is 55.1 Å². The molecule has 0 bridgehead atoms. The highest BCUT2D eigenvalue weighted by Gasteiger charge is 2.46. The zero-order chi connectivity index (χ0) is 18.0. The van der Waals surface area contributed by atoms with Crippen LogP contribution >= 0.6 is 0 Å². The molecule has 1 aromatic heterocycles. The van der Waals surface area contributed by atoms with Crippen molar-refractivity contribution in [1.82, 2.24) is 10.5 Å². The van der Waals surface area contributed by atoms with Crippen LogP contribution in [0.1, 0.15) is 53.1 Å². The van der Waals surface area contributed by atoms with Gasteiger partial charge in [0.25, 0.3) is 5.91 Å². The fourth-order valence-corrected chi connectivity index (χ4v) is 3.38. The molecule has 1 atom stereocenters. The van der Waals surface area contributed by atoms with Gasteiger partial charge >= 0.3 is 0 Å². The number of carbonyl (C=O) groups excluding carboxylic acids is 1. The predicted octanol–water partition coefficient (Wildman–Crippen LogP) is 4.44. The molecule has 0 aliphatic heterocycles. The Morgan fingerprint density at radius 1 is 1.12 bits per heavy atom. The summed E-state index contributed by atoms with van der Waals surface area (Å²) in [5.74, 6) is 0.399. The zero-order valence-electron chi connectivity index (χ0n) is 14.8. The van der Waals surface area contributed by atoms with Crippen LogP contribution in [0.3, 0.4) is 0 Å². The van der Waals surface area contributed by atoms with Crippen LogP contribution in [0.4, 0.5) is 0 Å². The third-order valence-electron chi connectivity index (χ3n) is 5.10. The molecule has 1 aliphatic rings. The second-order valence-electron chi connectivity index (χ2n) is 7.10. The van der Waals surface area contributed by atoms with Crippen molar-refractivity contribution in [2.75, 3.05) is 0 Å². The molecule has 3 aromatic rings. The van der Waals surface area contributed by atoms with Gasteiger partial charge in [-0.25, -0.2) is 0 Å². The van der Waals surface area contributed by atoms with Gasteiger partial charge in [0.05, 0.1) is 11.2 Å². The Morgan fingerprint density at radius 3 is 2.42 bits per heavy atom. The molecule has 4 heteroatoms. The van der Waals surface area contributed by atoms with Crippen LogP contribution in [0, 0.1) is 0 Å². The van der Waals surface area contributed by atoms with E-state index >= 15 is 0 Å². The summed E-state index contributed by atoms with van der Waals surface area (Å²) in [4.78, 5) is 12.6. The van der Waals surface area contributed by atoms with Gasteiger partial charge in [0.1, 0.15) is 0 Å². The largest absolute Gasteiger partial charge is 0.351 e. The van der Waals surface area contributed by atoms with Crippen LogP contribution < -0.4 is 5.32 Å². The molecule has 4 rings (SSSR count). The Labute approximate surface area is 153 Å². The molecule has 4 nitrogen and oxygen atoms in total. The Kier molecular flexibility index (Phi) is 4.33. The van der Waals surface area contributed by atoms with Gasteiger partial charge in [-0.1, -0.05) is 72.7 Å². The second-order valence-corrected chi connectivity index (χ2v) is 7.10. The number of aromatic nitrogens is 1. The third-order valence-corrected chi connectivity index (χ3v) is 5.10. The van der Waals surface area contributed by atoms with E-state index in [1.807, 2.05) is 36.4 Å². The first-order valence-electron chi connectivity index (χ1n) is 9.05. The summed E-state index contributed by atoms with van der Waals surface area (Å²) in [6.07, 6.45) is 2.65. The van der Waals surface area contributed by atoms with Gasteiger partial charge in [0.15, 0.2) is 0 Å². The summed E-state index contributed by atoms with van der Waals surface area (Å²) in [5.41, 5.74) is 2.95. The maximum Gasteiger partial charge on any atom is 0.290 e. The maximum absolute atomic E-state index is 12.6. The monoisotopic (exact) mass is 346 g/mol. The number of hydrogen-bond donors (Lipinski definition) is 1. The van der Waals surface area contributed by atoms with Gasteiger partial charge in [-0.2, -0.15) is 0 Å². The minimum Gasteiger partial charge on any atom is -0.351 e. The van der Waals surface area contributed by atoms with Gasteiger partial charge in [0.2, 0.25) is 5.76 Å². The molecule has 0 radical (unpaired) electrons. The predicted molar refractivity (Wildman–Crippen MR) is 99.9 cm³/mol. The van der Waals surface area contributed by atoms with Crippen molar-refractivity contribution in [3.8, 4) is 0 Å². The molecule has 1 amide bonds. The van der Waals surface area contributed by atoms with Crippen LogP contribution in [0.2, 0.25) is 0 Å². The third kappa shape index (κ3) is 3.40. The maximum atomic E-state index is 12.6. The molecule has 2 aromatic carbocycles. The number of nitrogens with zero attached hydrogens (tertiary/aromatic N) is 1. The van der Waals surface area contributed by atoms with E-state index in [1.165, 1.54) is 5.56 Å². The van der Waals surface area contributed by atoms with E-state index in [2.05, 4.69) is 41.7 Å². The molecular formula is C22H22N2O2. The highest BCUT2D eigenvalue weighted by Crippen LogP contribution is 2.45. The lowest BCUT2D eigenvalue weighted by Crippen LogP contribution is -2.34. The van der Waals surface area contributed by atoms with E-state index < -0.39 is 0 Å². The first-order valence-corrected chi connectivity index (χ1v) is 9.05. The SMILES string of the molecule is CC(Cc1cc(C(=O)NC2(c3ccccc3)CC2)on1)c1ccccc1. The minimum absolute atomic E-state index is 0.197. The molecule has 26 heavy (non-hydrogen) atoms. The second kappa shape index (κ2) is 6.79. The van der Waals surface area contributed by atoms with Gasteiger partial charge < -0.3 is 9.84 Å². The molecule has 1 heterocycles. The van der Waals surface area contributed by atoms with E-state index in [9.17, 15) is 4.79 Å². The molecule has 1 unspecified atom stereocenters. The molecule has 1 saturated carbocycles. The van der Waals surface area contributed by atoms with Crippen LogP contribution in [-0.4, -0.2) is 11.1 Å². The number of carbonyl (C=O) groups is 1. The summed E-state index contributed by atoms with van der Waals surface area (Å²) < 4.78 is 5.31.